The molecule has 3 aromatic carbocycles. The molecule has 0 aliphatic carbocycles. The van der Waals surface area contributed by atoms with E-state index in [9.17, 15) is 4.79 Å². The van der Waals surface area contributed by atoms with Crippen molar-refractivity contribution in [3.05, 3.63) is 77.9 Å². The summed E-state index contributed by atoms with van der Waals surface area (Å²) in [7, 11) is 1.69. The number of benzene rings is 3. The van der Waals surface area contributed by atoms with Gasteiger partial charge in [-0.1, -0.05) is 24.3 Å². The molecule has 0 atom stereocenters. The lowest BCUT2D eigenvalue weighted by atomic mass is 10.0. The Labute approximate surface area is 157 Å². The maximum atomic E-state index is 11.0. The van der Waals surface area contributed by atoms with Crippen LogP contribution < -0.4 is 4.74 Å². The van der Waals surface area contributed by atoms with Gasteiger partial charge in [0.25, 0.3) is 0 Å². The third-order valence-electron chi connectivity index (χ3n) is 4.85. The largest absolute Gasteiger partial charge is 0.496 e. The number of aromatic carboxylic acids is 1. The van der Waals surface area contributed by atoms with Gasteiger partial charge in [0.15, 0.2) is 0 Å². The van der Waals surface area contributed by atoms with Gasteiger partial charge in [-0.15, -0.1) is 0 Å². The van der Waals surface area contributed by atoms with E-state index >= 15 is 0 Å². The van der Waals surface area contributed by atoms with Gasteiger partial charge in [-0.2, -0.15) is 0 Å². The number of carboxylic acids is 1. The van der Waals surface area contributed by atoms with Crippen molar-refractivity contribution in [2.75, 3.05) is 7.11 Å². The Bertz CT molecular complexity index is 1140. The lowest BCUT2D eigenvalue weighted by Gasteiger charge is -2.09. The second kappa shape index (κ2) is 6.65. The lowest BCUT2D eigenvalue weighted by molar-refractivity contribution is 0.0697. The number of fused-ring (bicyclic) bond motifs is 1. The number of aromatic nitrogens is 1. The minimum absolute atomic E-state index is 0.282. The molecule has 4 heteroatoms. The molecule has 0 amide bonds. The predicted molar refractivity (Wildman–Crippen MR) is 107 cm³/mol. The van der Waals surface area contributed by atoms with E-state index in [-0.39, 0.29) is 5.56 Å². The van der Waals surface area contributed by atoms with Crippen molar-refractivity contribution < 1.29 is 14.6 Å². The summed E-state index contributed by atoms with van der Waals surface area (Å²) in [6.07, 6.45) is 0. The number of hydrogen-bond donors (Lipinski definition) is 2. The zero-order valence-electron chi connectivity index (χ0n) is 15.1. The standard InChI is InChI=1S/C23H19NO3/c1-14-3-12-22(27-2)18-9-8-17(13-19(14)18)21-11-10-20(24-21)15-4-6-16(7-5-15)23(25)26/h3-13,24H,1-2H3,(H,25,26). The molecule has 4 rings (SSSR count). The Kier molecular flexibility index (Phi) is 4.16. The van der Waals surface area contributed by atoms with Crippen LogP contribution in [0.3, 0.4) is 0 Å². The highest BCUT2D eigenvalue weighted by Gasteiger charge is 2.09. The minimum atomic E-state index is -0.921. The molecule has 0 radical (unpaired) electrons. The highest BCUT2D eigenvalue weighted by atomic mass is 16.5. The molecule has 0 saturated carbocycles. The zero-order valence-corrected chi connectivity index (χ0v) is 15.1. The van der Waals surface area contributed by atoms with E-state index in [1.807, 2.05) is 30.3 Å². The van der Waals surface area contributed by atoms with Crippen LogP contribution in [0.15, 0.2) is 66.7 Å². The minimum Gasteiger partial charge on any atom is -0.496 e. The first-order valence-corrected chi connectivity index (χ1v) is 8.67. The van der Waals surface area contributed by atoms with Crippen molar-refractivity contribution >= 4 is 16.7 Å². The summed E-state index contributed by atoms with van der Waals surface area (Å²) in [5.41, 5.74) is 5.48. The first kappa shape index (κ1) is 16.9. The normalized spacial score (nSPS) is 10.9. The maximum Gasteiger partial charge on any atom is 0.335 e. The number of nitrogens with one attached hydrogen (secondary N) is 1. The molecule has 134 valence electrons. The molecular formula is C23H19NO3. The Hall–Kier alpha value is -3.53. The average Bonchev–Trinajstić information content (AvgIpc) is 3.18. The number of ether oxygens (including phenoxy) is 1. The smallest absolute Gasteiger partial charge is 0.335 e. The van der Waals surface area contributed by atoms with E-state index in [2.05, 4.69) is 36.2 Å². The van der Waals surface area contributed by atoms with Crippen molar-refractivity contribution in [3.63, 3.8) is 0 Å². The average molecular weight is 357 g/mol. The van der Waals surface area contributed by atoms with Crippen LogP contribution in [-0.2, 0) is 0 Å². The van der Waals surface area contributed by atoms with Crippen molar-refractivity contribution in [1.82, 2.24) is 4.98 Å². The molecule has 0 aliphatic heterocycles. The Morgan fingerprint density at radius 3 is 2.19 bits per heavy atom. The van der Waals surface area contributed by atoms with Gasteiger partial charge in [0.05, 0.1) is 12.7 Å². The van der Waals surface area contributed by atoms with Crippen LogP contribution in [0.4, 0.5) is 0 Å². The van der Waals surface area contributed by atoms with Crippen LogP contribution in [0.1, 0.15) is 15.9 Å². The molecule has 0 spiro atoms. The van der Waals surface area contributed by atoms with E-state index in [0.717, 1.165) is 39.0 Å². The van der Waals surface area contributed by atoms with E-state index in [4.69, 9.17) is 9.84 Å². The fourth-order valence-electron chi connectivity index (χ4n) is 3.34. The lowest BCUT2D eigenvalue weighted by Crippen LogP contribution is -1.94. The van der Waals surface area contributed by atoms with E-state index < -0.39 is 5.97 Å². The molecule has 0 fully saturated rings. The molecule has 4 nitrogen and oxygen atoms in total. The van der Waals surface area contributed by atoms with Gasteiger partial charge >= 0.3 is 5.97 Å². The summed E-state index contributed by atoms with van der Waals surface area (Å²) in [5, 5.41) is 11.3. The number of methoxy groups -OCH3 is 1. The number of carbonyl (C=O) groups is 1. The van der Waals surface area contributed by atoms with Crippen molar-refractivity contribution in [2.24, 2.45) is 0 Å². The third kappa shape index (κ3) is 3.06. The summed E-state index contributed by atoms with van der Waals surface area (Å²) >= 11 is 0. The van der Waals surface area contributed by atoms with Crippen LogP contribution in [0.5, 0.6) is 5.75 Å². The van der Waals surface area contributed by atoms with Crippen LogP contribution in [0, 0.1) is 6.92 Å². The quantitative estimate of drug-likeness (QED) is 0.506. The summed E-state index contributed by atoms with van der Waals surface area (Å²) in [6.45, 7) is 2.09. The molecule has 0 aliphatic rings. The van der Waals surface area contributed by atoms with Crippen molar-refractivity contribution in [2.45, 2.75) is 6.92 Å². The molecule has 27 heavy (non-hydrogen) atoms. The number of rotatable bonds is 4. The van der Waals surface area contributed by atoms with Crippen LogP contribution in [0.2, 0.25) is 0 Å². The topological polar surface area (TPSA) is 62.3 Å². The number of H-pyrrole nitrogens is 1. The second-order valence-corrected chi connectivity index (χ2v) is 6.51. The Balaban J connectivity index is 1.72. The molecule has 2 N–H and O–H groups in total. The molecule has 1 heterocycles. The Morgan fingerprint density at radius 2 is 1.52 bits per heavy atom. The summed E-state index contributed by atoms with van der Waals surface area (Å²) in [4.78, 5) is 14.4. The molecule has 4 aromatic rings. The fraction of sp³-hybridized carbons (Fsp3) is 0.0870. The Morgan fingerprint density at radius 1 is 0.852 bits per heavy atom. The van der Waals surface area contributed by atoms with Crippen molar-refractivity contribution in [1.29, 1.82) is 0 Å². The molecule has 0 saturated heterocycles. The number of carboxylic acid groups (broad SMARTS) is 1. The van der Waals surface area contributed by atoms with E-state index in [1.54, 1.807) is 19.2 Å². The van der Waals surface area contributed by atoms with Gasteiger partial charge in [0.2, 0.25) is 0 Å². The number of aryl methyl sites for hydroxylation is 1. The van der Waals surface area contributed by atoms with Gasteiger partial charge < -0.3 is 14.8 Å². The van der Waals surface area contributed by atoms with Gasteiger partial charge in [0, 0.05) is 16.8 Å². The zero-order chi connectivity index (χ0) is 19.0. The van der Waals surface area contributed by atoms with Crippen LogP contribution >= 0.6 is 0 Å². The molecular weight excluding hydrogens is 338 g/mol. The second-order valence-electron chi connectivity index (χ2n) is 6.51. The first-order valence-electron chi connectivity index (χ1n) is 8.67. The van der Waals surface area contributed by atoms with Crippen LogP contribution in [0.25, 0.3) is 33.3 Å². The van der Waals surface area contributed by atoms with Gasteiger partial charge in [-0.25, -0.2) is 4.79 Å². The fourth-order valence-corrected chi connectivity index (χ4v) is 3.34. The van der Waals surface area contributed by atoms with E-state index in [1.165, 1.54) is 5.56 Å². The SMILES string of the molecule is COc1ccc(C)c2cc(-c3ccc(-c4ccc(C(=O)O)cc4)[nH]3)ccc12. The van der Waals surface area contributed by atoms with E-state index in [0.29, 0.717) is 0 Å². The van der Waals surface area contributed by atoms with Crippen LogP contribution in [-0.4, -0.2) is 23.2 Å². The predicted octanol–water partition coefficient (Wildman–Crippen LogP) is 5.52. The summed E-state index contributed by atoms with van der Waals surface area (Å²) in [6, 6.07) is 21.3. The summed E-state index contributed by atoms with van der Waals surface area (Å²) in [5.74, 6) is -0.0523. The monoisotopic (exact) mass is 357 g/mol. The van der Waals surface area contributed by atoms with Crippen molar-refractivity contribution in [3.8, 4) is 28.3 Å². The molecule has 0 unspecified atom stereocenters. The summed E-state index contributed by atoms with van der Waals surface area (Å²) < 4.78 is 5.47. The molecule has 0 bridgehead atoms. The van der Waals surface area contributed by atoms with Gasteiger partial charge in [-0.05, 0) is 71.5 Å². The first-order chi connectivity index (χ1) is 13.1. The highest BCUT2D eigenvalue weighted by Crippen LogP contribution is 2.32. The molecule has 1 aromatic heterocycles. The van der Waals surface area contributed by atoms with Gasteiger partial charge in [-0.3, -0.25) is 0 Å². The number of aromatic amines is 1. The number of hydrogen-bond acceptors (Lipinski definition) is 2. The third-order valence-corrected chi connectivity index (χ3v) is 4.85. The van der Waals surface area contributed by atoms with Gasteiger partial charge in [0.1, 0.15) is 5.75 Å². The maximum absolute atomic E-state index is 11.0. The highest BCUT2D eigenvalue weighted by molar-refractivity contribution is 5.94.